The Morgan fingerprint density at radius 2 is 1.44 bits per heavy atom. The van der Waals surface area contributed by atoms with Crippen molar-refractivity contribution in [2.24, 2.45) is 11.8 Å². The summed E-state index contributed by atoms with van der Waals surface area (Å²) in [4.78, 5) is 63.9. The van der Waals surface area contributed by atoms with Crippen molar-refractivity contribution in [3.8, 4) is 0 Å². The fourth-order valence-corrected chi connectivity index (χ4v) is 4.52. The number of ether oxygens (including phenoxy) is 1. The number of fused-ring (bicyclic) bond motifs is 1. The third kappa shape index (κ3) is 5.68. The van der Waals surface area contributed by atoms with Crippen molar-refractivity contribution in [1.29, 1.82) is 0 Å². The van der Waals surface area contributed by atoms with Gasteiger partial charge in [-0.1, -0.05) is 42.5 Å². The highest BCUT2D eigenvalue weighted by molar-refractivity contribution is 6.08. The van der Waals surface area contributed by atoms with Gasteiger partial charge in [-0.3, -0.25) is 24.1 Å². The van der Waals surface area contributed by atoms with E-state index >= 15 is 0 Å². The minimum atomic E-state index is -1.16. The summed E-state index contributed by atoms with van der Waals surface area (Å²) in [6.45, 7) is 0.811. The second-order valence-electron chi connectivity index (χ2n) is 8.82. The third-order valence-electron chi connectivity index (χ3n) is 6.23. The molecule has 2 aliphatic rings. The lowest BCUT2D eigenvalue weighted by Gasteiger charge is -2.25. The van der Waals surface area contributed by atoms with Gasteiger partial charge in [0, 0.05) is 24.7 Å². The van der Waals surface area contributed by atoms with Gasteiger partial charge >= 0.3 is 5.97 Å². The number of benzene rings is 2. The molecule has 1 fully saturated rings. The summed E-state index contributed by atoms with van der Waals surface area (Å²) in [5.74, 6) is -3.31. The zero-order chi connectivity index (χ0) is 25.7. The molecule has 4 amide bonds. The number of hydrogen-bond donors (Lipinski definition) is 2. The predicted octanol–water partition coefficient (Wildman–Crippen LogP) is 2.69. The second-order valence-corrected chi connectivity index (χ2v) is 8.82. The molecule has 0 radical (unpaired) electrons. The maximum atomic E-state index is 13.1. The van der Waals surface area contributed by atoms with Gasteiger partial charge < -0.3 is 15.4 Å². The van der Waals surface area contributed by atoms with Crippen LogP contribution in [0.1, 0.15) is 25.3 Å². The van der Waals surface area contributed by atoms with E-state index in [1.165, 1.54) is 6.92 Å². The van der Waals surface area contributed by atoms with E-state index in [9.17, 15) is 24.0 Å². The van der Waals surface area contributed by atoms with Crippen molar-refractivity contribution in [1.82, 2.24) is 4.90 Å². The Labute approximate surface area is 208 Å². The van der Waals surface area contributed by atoms with E-state index in [1.54, 1.807) is 48.5 Å². The Bertz CT molecular complexity index is 1170. The standard InChI is InChI=1S/C27H27N3O6/c1-17(31)28-19-11-13-20(14-12-19)29-24(32)16-36-27(35)23(15-18-7-3-2-4-8-18)30-25(33)21-9-5-6-10-22(21)26(30)34/h2-8,11-14,21-23H,9-10,15-16H2,1H3,(H,28,31)(H,29,32)/t21-,22+,23-/m0/s1. The Kier molecular flexibility index (Phi) is 7.58. The van der Waals surface area contributed by atoms with Crippen LogP contribution in [0.15, 0.2) is 66.7 Å². The van der Waals surface area contributed by atoms with Gasteiger partial charge in [-0.15, -0.1) is 0 Å². The highest BCUT2D eigenvalue weighted by Crippen LogP contribution is 2.36. The average Bonchev–Trinajstić information content (AvgIpc) is 3.12. The lowest BCUT2D eigenvalue weighted by atomic mass is 9.85. The first kappa shape index (κ1) is 24.8. The largest absolute Gasteiger partial charge is 0.454 e. The van der Waals surface area contributed by atoms with Crippen molar-refractivity contribution in [3.05, 3.63) is 72.3 Å². The van der Waals surface area contributed by atoms with Gasteiger partial charge in [0.05, 0.1) is 11.8 Å². The molecule has 0 bridgehead atoms. The smallest absolute Gasteiger partial charge is 0.330 e. The van der Waals surface area contributed by atoms with Crippen LogP contribution in [0, 0.1) is 11.8 Å². The molecule has 9 nitrogen and oxygen atoms in total. The fraction of sp³-hybridized carbons (Fsp3) is 0.296. The Hall–Kier alpha value is -4.27. The highest BCUT2D eigenvalue weighted by Gasteiger charge is 2.51. The number of anilines is 2. The molecule has 0 saturated carbocycles. The number of likely N-dealkylation sites (tertiary alicyclic amines) is 1. The maximum absolute atomic E-state index is 13.1. The molecule has 186 valence electrons. The van der Waals surface area contributed by atoms with E-state index in [4.69, 9.17) is 4.74 Å². The first-order valence-electron chi connectivity index (χ1n) is 11.7. The van der Waals surface area contributed by atoms with Gasteiger partial charge in [0.15, 0.2) is 6.61 Å². The first-order valence-corrected chi connectivity index (χ1v) is 11.7. The average molecular weight is 490 g/mol. The summed E-state index contributed by atoms with van der Waals surface area (Å²) in [7, 11) is 0. The van der Waals surface area contributed by atoms with Crippen LogP contribution < -0.4 is 10.6 Å². The fourth-order valence-electron chi connectivity index (χ4n) is 4.52. The number of rotatable bonds is 8. The van der Waals surface area contributed by atoms with E-state index in [1.807, 2.05) is 18.2 Å². The SMILES string of the molecule is CC(=O)Nc1ccc(NC(=O)COC(=O)[C@H](Cc2ccccc2)N2C(=O)[C@H]3CC=CC[C@H]3C2=O)cc1. The monoisotopic (exact) mass is 489 g/mol. The van der Waals surface area contributed by atoms with Gasteiger partial charge in [-0.2, -0.15) is 0 Å². The molecule has 36 heavy (non-hydrogen) atoms. The van der Waals surface area contributed by atoms with Crippen molar-refractivity contribution in [3.63, 3.8) is 0 Å². The molecule has 1 aliphatic heterocycles. The lowest BCUT2D eigenvalue weighted by molar-refractivity contribution is -0.160. The van der Waals surface area contributed by atoms with Crippen LogP contribution in [0.4, 0.5) is 11.4 Å². The summed E-state index contributed by atoms with van der Waals surface area (Å²) >= 11 is 0. The van der Waals surface area contributed by atoms with E-state index in [-0.39, 0.29) is 24.1 Å². The van der Waals surface area contributed by atoms with E-state index < -0.39 is 36.4 Å². The third-order valence-corrected chi connectivity index (χ3v) is 6.23. The number of esters is 1. The Balaban J connectivity index is 1.43. The number of imide groups is 1. The number of nitrogens with zero attached hydrogens (tertiary/aromatic N) is 1. The van der Waals surface area contributed by atoms with Crippen LogP contribution in [0.5, 0.6) is 0 Å². The van der Waals surface area contributed by atoms with Gasteiger partial charge in [0.25, 0.3) is 5.91 Å². The van der Waals surface area contributed by atoms with E-state index in [0.717, 1.165) is 10.5 Å². The van der Waals surface area contributed by atoms with E-state index in [0.29, 0.717) is 24.2 Å². The van der Waals surface area contributed by atoms with Gasteiger partial charge in [0.2, 0.25) is 17.7 Å². The van der Waals surface area contributed by atoms with E-state index in [2.05, 4.69) is 10.6 Å². The predicted molar refractivity (Wildman–Crippen MR) is 131 cm³/mol. The van der Waals surface area contributed by atoms with Crippen LogP contribution in [-0.2, 0) is 35.1 Å². The number of nitrogens with one attached hydrogen (secondary N) is 2. The number of carbonyl (C=O) groups excluding carboxylic acids is 5. The molecular formula is C27H27N3O6. The summed E-state index contributed by atoms with van der Waals surface area (Å²) in [6, 6.07) is 14.3. The van der Waals surface area contributed by atoms with Crippen LogP contribution >= 0.6 is 0 Å². The summed E-state index contributed by atoms with van der Waals surface area (Å²) in [5, 5.41) is 5.23. The zero-order valence-electron chi connectivity index (χ0n) is 19.8. The number of carbonyl (C=O) groups is 5. The molecule has 2 aromatic rings. The van der Waals surface area contributed by atoms with Gasteiger partial charge in [0.1, 0.15) is 6.04 Å². The van der Waals surface area contributed by atoms with Crippen molar-refractivity contribution in [2.75, 3.05) is 17.2 Å². The molecule has 1 saturated heterocycles. The quantitative estimate of drug-likeness (QED) is 0.334. The molecule has 2 aromatic carbocycles. The maximum Gasteiger partial charge on any atom is 0.330 e. The molecule has 1 aliphatic carbocycles. The minimum absolute atomic E-state index is 0.0935. The lowest BCUT2D eigenvalue weighted by Crippen LogP contribution is -2.48. The minimum Gasteiger partial charge on any atom is -0.454 e. The Morgan fingerprint density at radius 3 is 2.00 bits per heavy atom. The second kappa shape index (κ2) is 11.0. The highest BCUT2D eigenvalue weighted by atomic mass is 16.5. The molecule has 2 N–H and O–H groups in total. The van der Waals surface area contributed by atoms with Crippen LogP contribution in [-0.4, -0.2) is 47.1 Å². The molecule has 4 rings (SSSR count). The number of hydrogen-bond acceptors (Lipinski definition) is 6. The van der Waals surface area contributed by atoms with Gasteiger partial charge in [-0.05, 0) is 42.7 Å². The summed E-state index contributed by atoms with van der Waals surface area (Å²) < 4.78 is 5.28. The van der Waals surface area contributed by atoms with Gasteiger partial charge in [-0.25, -0.2) is 4.79 Å². The van der Waals surface area contributed by atoms with Crippen molar-refractivity contribution < 1.29 is 28.7 Å². The number of allylic oxidation sites excluding steroid dienone is 2. The normalized spacial score (nSPS) is 19.4. The molecule has 9 heteroatoms. The Morgan fingerprint density at radius 1 is 0.889 bits per heavy atom. The summed E-state index contributed by atoms with van der Waals surface area (Å²) in [5.41, 5.74) is 1.79. The summed E-state index contributed by atoms with van der Waals surface area (Å²) in [6.07, 6.45) is 4.78. The molecule has 3 atom stereocenters. The van der Waals surface area contributed by atoms with Crippen molar-refractivity contribution in [2.45, 2.75) is 32.2 Å². The van der Waals surface area contributed by atoms with Crippen LogP contribution in [0.3, 0.4) is 0 Å². The first-order chi connectivity index (χ1) is 17.3. The number of amides is 4. The molecule has 0 aromatic heterocycles. The van der Waals surface area contributed by atoms with Crippen LogP contribution in [0.2, 0.25) is 0 Å². The molecular weight excluding hydrogens is 462 g/mol. The topological polar surface area (TPSA) is 122 Å². The zero-order valence-corrected chi connectivity index (χ0v) is 19.8. The van der Waals surface area contributed by atoms with Crippen molar-refractivity contribution >= 4 is 41.0 Å². The molecule has 1 heterocycles. The molecule has 0 spiro atoms. The molecule has 0 unspecified atom stereocenters. The van der Waals surface area contributed by atoms with Crippen LogP contribution in [0.25, 0.3) is 0 Å².